The molecule has 9 nitrogen and oxygen atoms in total. The summed E-state index contributed by atoms with van der Waals surface area (Å²) in [6.07, 6.45) is 15.6. The topological polar surface area (TPSA) is 83.1 Å². The fraction of sp³-hybridized carbons (Fsp3) is 0.200. The Labute approximate surface area is 407 Å². The van der Waals surface area contributed by atoms with E-state index in [0.717, 1.165) is 46.4 Å². The zero-order valence-electron chi connectivity index (χ0n) is 40.5. The van der Waals surface area contributed by atoms with E-state index in [9.17, 15) is 0 Å². The van der Waals surface area contributed by atoms with Gasteiger partial charge in [0.05, 0.1) is 56.4 Å². The predicted molar refractivity (Wildman–Crippen MR) is 276 cm³/mol. The summed E-state index contributed by atoms with van der Waals surface area (Å²) in [5, 5.41) is 0. The molecule has 7 rings (SSSR count). The number of ether oxygens (including phenoxy) is 9. The van der Waals surface area contributed by atoms with Crippen LogP contribution in [0.4, 0.5) is 0 Å². The van der Waals surface area contributed by atoms with Crippen molar-refractivity contribution in [2.45, 2.75) is 76.5 Å². The van der Waals surface area contributed by atoms with E-state index < -0.39 is 0 Å². The lowest BCUT2D eigenvalue weighted by atomic mass is 9.72. The molecule has 1 spiro atoms. The van der Waals surface area contributed by atoms with Crippen LogP contribution in [0.5, 0.6) is 51.7 Å². The van der Waals surface area contributed by atoms with E-state index >= 15 is 0 Å². The van der Waals surface area contributed by atoms with Crippen LogP contribution in [0.1, 0.15) is 90.6 Å². The quantitative estimate of drug-likeness (QED) is 0.0630. The largest absolute Gasteiger partial charge is 0.465 e. The summed E-state index contributed by atoms with van der Waals surface area (Å²) in [6, 6.07) is 23.8. The summed E-state index contributed by atoms with van der Waals surface area (Å²) in [5.41, 5.74) is 9.56. The average molecular weight is 927 g/mol. The molecule has 0 fully saturated rings. The molecular weight excluding hydrogens is 865 g/mol. The van der Waals surface area contributed by atoms with Gasteiger partial charge in [-0.25, -0.2) is 0 Å². The van der Waals surface area contributed by atoms with E-state index in [4.69, 9.17) is 42.6 Å². The summed E-state index contributed by atoms with van der Waals surface area (Å²) in [6.45, 7) is 44.5. The minimum absolute atomic E-state index is 0.0746. The molecule has 69 heavy (non-hydrogen) atoms. The molecule has 0 atom stereocenters. The number of hydrogen-bond donors (Lipinski definition) is 0. The third-order valence-electron chi connectivity index (χ3n) is 12.3. The van der Waals surface area contributed by atoms with E-state index in [1.165, 1.54) is 78.6 Å². The molecule has 2 aliphatic rings. The lowest BCUT2D eigenvalue weighted by Gasteiger charge is -2.30. The van der Waals surface area contributed by atoms with Crippen molar-refractivity contribution in [2.75, 3.05) is 0 Å². The summed E-state index contributed by atoms with van der Waals surface area (Å²) < 4.78 is 51.0. The molecule has 0 radical (unpaired) electrons. The lowest BCUT2D eigenvalue weighted by molar-refractivity contribution is 0.349. The van der Waals surface area contributed by atoms with Crippen LogP contribution < -0.4 is 42.6 Å². The van der Waals surface area contributed by atoms with Gasteiger partial charge in [0.15, 0.2) is 23.0 Å². The molecule has 0 N–H and O–H groups in total. The van der Waals surface area contributed by atoms with Gasteiger partial charge in [0.1, 0.15) is 28.7 Å². The fourth-order valence-electron chi connectivity index (χ4n) is 9.98. The van der Waals surface area contributed by atoms with Crippen molar-refractivity contribution in [1.29, 1.82) is 0 Å². The van der Waals surface area contributed by atoms with Crippen LogP contribution in [0.3, 0.4) is 0 Å². The third kappa shape index (κ3) is 10.7. The highest BCUT2D eigenvalue weighted by atomic mass is 16.5. The number of benzene rings is 5. The van der Waals surface area contributed by atoms with Crippen LogP contribution in [0, 0.1) is 6.92 Å². The maximum atomic E-state index is 5.96. The molecule has 0 amide bonds. The van der Waals surface area contributed by atoms with E-state index in [1.54, 1.807) is 12.1 Å². The van der Waals surface area contributed by atoms with Gasteiger partial charge in [-0.2, -0.15) is 0 Å². The molecule has 2 aliphatic carbocycles. The number of rotatable bonds is 22. The van der Waals surface area contributed by atoms with Gasteiger partial charge >= 0.3 is 0 Å². The van der Waals surface area contributed by atoms with Crippen LogP contribution in [0.2, 0.25) is 0 Å². The monoisotopic (exact) mass is 926 g/mol. The van der Waals surface area contributed by atoms with E-state index in [2.05, 4.69) is 130 Å². The van der Waals surface area contributed by atoms with Crippen molar-refractivity contribution in [3.63, 3.8) is 0 Å². The number of fused-ring (bicyclic) bond motifs is 4. The van der Waals surface area contributed by atoms with Crippen LogP contribution in [-0.4, -0.2) is 0 Å². The van der Waals surface area contributed by atoms with Crippen LogP contribution in [0.25, 0.3) is 0 Å². The van der Waals surface area contributed by atoms with Gasteiger partial charge in [0, 0.05) is 30.4 Å². The van der Waals surface area contributed by atoms with Crippen molar-refractivity contribution in [1.82, 2.24) is 0 Å². The molecule has 9 heteroatoms. The first-order valence-corrected chi connectivity index (χ1v) is 22.4. The third-order valence-corrected chi connectivity index (χ3v) is 12.3. The molecular formula is C60H62O9. The molecule has 0 bridgehead atoms. The fourth-order valence-corrected chi connectivity index (χ4v) is 9.98. The van der Waals surface area contributed by atoms with E-state index in [1.807, 2.05) is 24.3 Å². The summed E-state index contributed by atoms with van der Waals surface area (Å²) in [4.78, 5) is 0. The molecule has 5 aromatic rings. The van der Waals surface area contributed by atoms with Crippen LogP contribution in [0.15, 0.2) is 188 Å². The molecule has 0 aliphatic heterocycles. The molecule has 0 saturated carbocycles. The molecule has 356 valence electrons. The Hall–Kier alpha value is -8.04. The maximum Gasteiger partial charge on any atom is 0.169 e. The number of hydrogen-bond acceptors (Lipinski definition) is 9. The Bertz CT molecular complexity index is 2620. The van der Waals surface area contributed by atoms with Crippen LogP contribution >= 0.6 is 0 Å². The standard InChI is InChI=1S/C31H30O5.C29H32O4/c1-7-32-27-14-12-23(29(20-27)34-9-3)18-25-16-22(6)17-26(31(25)36-11-5)19-24-13-15-28(33-8-2)21-30(24)35-10-4;1-9-30-23-13-19-21(15-25(23)32-11-3)29(17-27(19,5)6)18-28(7,8)20-14-24(31-10-2)26(33-12-4)16-22(20)29/h7-17,20-21H,1-5,18-19H2,6H3;9-16H,1-4,17-18H2,5-8H3. The second kappa shape index (κ2) is 21.7. The second-order valence-corrected chi connectivity index (χ2v) is 17.8. The van der Waals surface area contributed by atoms with E-state index in [0.29, 0.717) is 58.8 Å². The molecule has 0 saturated heterocycles. The Kier molecular flexibility index (Phi) is 15.9. The molecule has 0 aromatic heterocycles. The van der Waals surface area contributed by atoms with Gasteiger partial charge < -0.3 is 42.6 Å². The maximum absolute atomic E-state index is 5.96. The Morgan fingerprint density at radius 2 is 0.696 bits per heavy atom. The van der Waals surface area contributed by atoms with Gasteiger partial charge in [0.2, 0.25) is 0 Å². The molecule has 0 unspecified atom stereocenters. The van der Waals surface area contributed by atoms with Gasteiger partial charge in [-0.3, -0.25) is 0 Å². The zero-order valence-corrected chi connectivity index (χ0v) is 40.5. The Balaban J connectivity index is 0.000000227. The highest BCUT2D eigenvalue weighted by molar-refractivity contribution is 5.66. The first-order valence-electron chi connectivity index (χ1n) is 22.4. The Morgan fingerprint density at radius 1 is 0.377 bits per heavy atom. The second-order valence-electron chi connectivity index (χ2n) is 17.8. The van der Waals surface area contributed by atoms with Crippen molar-refractivity contribution in [2.24, 2.45) is 0 Å². The normalized spacial score (nSPS) is 13.9. The van der Waals surface area contributed by atoms with Gasteiger partial charge in [-0.15, -0.1) is 0 Å². The van der Waals surface area contributed by atoms with Gasteiger partial charge in [-0.1, -0.05) is 117 Å². The number of aryl methyl sites for hydroxylation is 1. The van der Waals surface area contributed by atoms with Crippen molar-refractivity contribution < 1.29 is 42.6 Å². The summed E-state index contributed by atoms with van der Waals surface area (Å²) in [7, 11) is 0. The first-order chi connectivity index (χ1) is 33.1. The van der Waals surface area contributed by atoms with Crippen molar-refractivity contribution in [3.8, 4) is 51.7 Å². The zero-order chi connectivity index (χ0) is 49.9. The van der Waals surface area contributed by atoms with Crippen LogP contribution in [-0.2, 0) is 29.1 Å². The minimum Gasteiger partial charge on any atom is -0.465 e. The molecule has 5 aromatic carbocycles. The smallest absolute Gasteiger partial charge is 0.169 e. The van der Waals surface area contributed by atoms with Crippen molar-refractivity contribution in [3.05, 3.63) is 238 Å². The SMILES string of the molecule is C=COc1cc2c(cc1OC=C)C1(CC2(C)C)CC(C)(C)c2cc(OC=C)c(OC=C)cc21.C=COc1ccc(Cc2cc(C)cc(Cc3ccc(OC=C)cc3OC=C)c2OC=C)c(OC=C)c1. The Morgan fingerprint density at radius 3 is 1.03 bits per heavy atom. The minimum atomic E-state index is -0.213. The molecule has 0 heterocycles. The summed E-state index contributed by atoms with van der Waals surface area (Å²) >= 11 is 0. The summed E-state index contributed by atoms with van der Waals surface area (Å²) in [5.74, 6) is 5.76. The predicted octanol–water partition coefficient (Wildman–Crippen LogP) is 15.2. The average Bonchev–Trinajstić information content (AvgIpc) is 3.65. The van der Waals surface area contributed by atoms with Crippen molar-refractivity contribution >= 4 is 0 Å². The first kappa shape index (κ1) is 50.4. The van der Waals surface area contributed by atoms with E-state index in [-0.39, 0.29) is 16.2 Å². The lowest BCUT2D eigenvalue weighted by Crippen LogP contribution is -2.27. The van der Waals surface area contributed by atoms with Gasteiger partial charge in [0.25, 0.3) is 0 Å². The highest BCUT2D eigenvalue weighted by Crippen LogP contribution is 2.65. The highest BCUT2D eigenvalue weighted by Gasteiger charge is 2.57. The van der Waals surface area contributed by atoms with Gasteiger partial charge in [-0.05, 0) is 112 Å².